The molecule has 4 nitrogen and oxygen atoms in total. The van der Waals surface area contributed by atoms with Crippen molar-refractivity contribution in [3.05, 3.63) is 64.8 Å². The van der Waals surface area contributed by atoms with Crippen molar-refractivity contribution >= 4 is 12.0 Å². The van der Waals surface area contributed by atoms with E-state index in [-0.39, 0.29) is 0 Å². The van der Waals surface area contributed by atoms with Crippen LogP contribution in [0.5, 0.6) is 11.5 Å². The Bertz CT molecular complexity index is 721. The fourth-order valence-corrected chi connectivity index (χ4v) is 2.20. The molecule has 23 heavy (non-hydrogen) atoms. The summed E-state index contributed by atoms with van der Waals surface area (Å²) in [5.41, 5.74) is 3.82. The van der Waals surface area contributed by atoms with Gasteiger partial charge in [-0.05, 0) is 54.8 Å². The summed E-state index contributed by atoms with van der Waals surface area (Å²) in [6.45, 7) is 4.26. The van der Waals surface area contributed by atoms with Crippen LogP contribution in [0.4, 0.5) is 0 Å². The third-order valence-electron chi connectivity index (χ3n) is 3.49. The van der Waals surface area contributed by atoms with Crippen molar-refractivity contribution < 1.29 is 19.4 Å². The van der Waals surface area contributed by atoms with Gasteiger partial charge in [0.2, 0.25) is 0 Å². The lowest BCUT2D eigenvalue weighted by Gasteiger charge is -2.19. The van der Waals surface area contributed by atoms with E-state index >= 15 is 0 Å². The zero-order valence-electron chi connectivity index (χ0n) is 13.5. The van der Waals surface area contributed by atoms with Crippen LogP contribution in [0, 0.1) is 0 Å². The third-order valence-corrected chi connectivity index (χ3v) is 3.49. The lowest BCUT2D eigenvalue weighted by molar-refractivity contribution is -0.131. The van der Waals surface area contributed by atoms with Crippen LogP contribution in [-0.2, 0) is 4.79 Å². The highest BCUT2D eigenvalue weighted by atomic mass is 16.5. The largest absolute Gasteiger partial charge is 0.497 e. The Balaban J connectivity index is 2.18. The Morgan fingerprint density at radius 3 is 2.83 bits per heavy atom. The highest BCUT2D eigenvalue weighted by Crippen LogP contribution is 2.31. The number of carboxylic acid groups (broad SMARTS) is 1. The first-order chi connectivity index (χ1) is 11.0. The van der Waals surface area contributed by atoms with Crippen molar-refractivity contribution in [2.24, 2.45) is 0 Å². The molecule has 0 radical (unpaired) electrons. The smallest absolute Gasteiger partial charge is 0.328 e. The fourth-order valence-electron chi connectivity index (χ4n) is 2.20. The van der Waals surface area contributed by atoms with Gasteiger partial charge >= 0.3 is 5.97 Å². The normalized spacial score (nSPS) is 15.0. The number of fused-ring (bicyclic) bond motifs is 1. The third kappa shape index (κ3) is 4.61. The number of carboxylic acids is 1. The van der Waals surface area contributed by atoms with Gasteiger partial charge in [-0.15, -0.1) is 0 Å². The molecule has 1 aliphatic heterocycles. The molecular weight excluding hydrogens is 292 g/mol. The molecule has 4 heteroatoms. The molecule has 0 bridgehead atoms. The Labute approximate surface area is 136 Å². The standard InChI is InChI=1S/C19H20O4/c1-13(9-19(20)21)5-4-6-14(2)16-10-15-11-17(22-3)7-8-18(15)23-12-16/h4-11H,12H2,1-3H3,(H,20,21). The predicted octanol–water partition coefficient (Wildman–Crippen LogP) is 4.00. The molecule has 1 aliphatic rings. The summed E-state index contributed by atoms with van der Waals surface area (Å²) in [6, 6.07) is 5.72. The second-order valence-corrected chi connectivity index (χ2v) is 5.30. The van der Waals surface area contributed by atoms with Crippen LogP contribution in [0.15, 0.2) is 59.2 Å². The molecular formula is C19H20O4. The molecule has 0 aliphatic carbocycles. The summed E-state index contributed by atoms with van der Waals surface area (Å²) in [4.78, 5) is 10.6. The average molecular weight is 312 g/mol. The van der Waals surface area contributed by atoms with E-state index in [0.29, 0.717) is 12.2 Å². The molecule has 1 heterocycles. The second-order valence-electron chi connectivity index (χ2n) is 5.30. The minimum absolute atomic E-state index is 0.513. The number of rotatable bonds is 5. The van der Waals surface area contributed by atoms with E-state index in [1.165, 1.54) is 6.08 Å². The van der Waals surface area contributed by atoms with E-state index in [1.807, 2.05) is 37.3 Å². The molecule has 120 valence electrons. The first kappa shape index (κ1) is 16.6. The Kier molecular flexibility index (Phi) is 5.41. The van der Waals surface area contributed by atoms with Gasteiger partial charge in [0.1, 0.15) is 18.1 Å². The number of benzene rings is 1. The maximum absolute atomic E-state index is 10.6. The molecule has 1 aromatic rings. The van der Waals surface area contributed by atoms with Crippen molar-refractivity contribution in [1.29, 1.82) is 0 Å². The van der Waals surface area contributed by atoms with Gasteiger partial charge in [0.25, 0.3) is 0 Å². The summed E-state index contributed by atoms with van der Waals surface area (Å²) in [7, 11) is 1.64. The lowest BCUT2D eigenvalue weighted by atomic mass is 10.0. The van der Waals surface area contributed by atoms with Gasteiger partial charge in [-0.25, -0.2) is 4.79 Å². The monoisotopic (exact) mass is 312 g/mol. The number of hydrogen-bond acceptors (Lipinski definition) is 3. The second kappa shape index (κ2) is 7.49. The van der Waals surface area contributed by atoms with E-state index in [0.717, 1.165) is 28.2 Å². The molecule has 0 spiro atoms. The van der Waals surface area contributed by atoms with Gasteiger partial charge in [-0.2, -0.15) is 0 Å². The summed E-state index contributed by atoms with van der Waals surface area (Å²) in [6.07, 6.45) is 8.80. The van der Waals surface area contributed by atoms with Gasteiger partial charge in [0, 0.05) is 11.6 Å². The Morgan fingerprint density at radius 1 is 1.35 bits per heavy atom. The van der Waals surface area contributed by atoms with Crippen LogP contribution in [0.2, 0.25) is 0 Å². The number of carbonyl (C=O) groups is 1. The molecule has 0 aromatic heterocycles. The van der Waals surface area contributed by atoms with Crippen LogP contribution in [0.3, 0.4) is 0 Å². The molecule has 1 aromatic carbocycles. The first-order valence-corrected chi connectivity index (χ1v) is 7.27. The summed E-state index contributed by atoms with van der Waals surface area (Å²) in [5, 5.41) is 8.67. The Hall–Kier alpha value is -2.75. The molecule has 1 N–H and O–H groups in total. The number of allylic oxidation sites excluding steroid dienone is 4. The molecule has 0 unspecified atom stereocenters. The van der Waals surface area contributed by atoms with E-state index < -0.39 is 5.97 Å². The molecule has 0 amide bonds. The van der Waals surface area contributed by atoms with Gasteiger partial charge in [-0.3, -0.25) is 0 Å². The summed E-state index contributed by atoms with van der Waals surface area (Å²) < 4.78 is 11.0. The first-order valence-electron chi connectivity index (χ1n) is 7.27. The number of hydrogen-bond donors (Lipinski definition) is 1. The summed E-state index contributed by atoms with van der Waals surface area (Å²) >= 11 is 0. The van der Waals surface area contributed by atoms with Crippen molar-refractivity contribution in [2.45, 2.75) is 13.8 Å². The van der Waals surface area contributed by atoms with Crippen LogP contribution < -0.4 is 9.47 Å². The highest BCUT2D eigenvalue weighted by molar-refractivity contribution is 5.81. The number of methoxy groups -OCH3 is 1. The lowest BCUT2D eigenvalue weighted by Crippen LogP contribution is -2.08. The minimum atomic E-state index is -0.943. The van der Waals surface area contributed by atoms with Crippen LogP contribution >= 0.6 is 0 Å². The van der Waals surface area contributed by atoms with Gasteiger partial charge in [0.15, 0.2) is 0 Å². The van der Waals surface area contributed by atoms with Crippen LogP contribution in [0.25, 0.3) is 6.08 Å². The average Bonchev–Trinajstić information content (AvgIpc) is 2.52. The Morgan fingerprint density at radius 2 is 2.13 bits per heavy atom. The van der Waals surface area contributed by atoms with Crippen molar-refractivity contribution in [3.63, 3.8) is 0 Å². The maximum atomic E-state index is 10.6. The van der Waals surface area contributed by atoms with Crippen LogP contribution in [-0.4, -0.2) is 24.8 Å². The number of aliphatic carboxylic acids is 1. The quantitative estimate of drug-likeness (QED) is 0.659. The van der Waals surface area contributed by atoms with Crippen LogP contribution in [0.1, 0.15) is 19.4 Å². The van der Waals surface area contributed by atoms with Gasteiger partial charge in [0.05, 0.1) is 7.11 Å². The molecule has 0 fully saturated rings. The molecule has 0 saturated heterocycles. The van der Waals surface area contributed by atoms with Gasteiger partial charge in [-0.1, -0.05) is 18.2 Å². The predicted molar refractivity (Wildman–Crippen MR) is 90.8 cm³/mol. The van der Waals surface area contributed by atoms with Crippen molar-refractivity contribution in [1.82, 2.24) is 0 Å². The zero-order chi connectivity index (χ0) is 16.8. The fraction of sp³-hybridized carbons (Fsp3) is 0.211. The highest BCUT2D eigenvalue weighted by Gasteiger charge is 2.12. The molecule has 0 saturated carbocycles. The van der Waals surface area contributed by atoms with E-state index in [1.54, 1.807) is 20.1 Å². The van der Waals surface area contributed by atoms with E-state index in [9.17, 15) is 4.79 Å². The SMILES string of the molecule is COc1ccc2c(c1)C=C(C(C)=CC=CC(C)=CC(=O)O)CO2. The van der Waals surface area contributed by atoms with E-state index in [2.05, 4.69) is 6.08 Å². The molecule has 2 rings (SSSR count). The van der Waals surface area contributed by atoms with Crippen molar-refractivity contribution in [3.8, 4) is 11.5 Å². The molecule has 0 atom stereocenters. The van der Waals surface area contributed by atoms with E-state index in [4.69, 9.17) is 14.6 Å². The topological polar surface area (TPSA) is 55.8 Å². The summed E-state index contributed by atoms with van der Waals surface area (Å²) in [5.74, 6) is 0.695. The number of ether oxygens (including phenoxy) is 2. The maximum Gasteiger partial charge on any atom is 0.328 e. The van der Waals surface area contributed by atoms with Crippen molar-refractivity contribution in [2.75, 3.05) is 13.7 Å². The van der Waals surface area contributed by atoms with Gasteiger partial charge < -0.3 is 14.6 Å². The minimum Gasteiger partial charge on any atom is -0.497 e. The zero-order valence-corrected chi connectivity index (χ0v) is 13.5.